The molecular formula is C10H19NO. The molecule has 70 valence electrons. The minimum atomic E-state index is 0.531. The lowest BCUT2D eigenvalue weighted by molar-refractivity contribution is 0.0718. The van der Waals surface area contributed by atoms with Gasteiger partial charge < -0.3 is 9.64 Å². The van der Waals surface area contributed by atoms with Gasteiger partial charge in [0.15, 0.2) is 0 Å². The van der Waals surface area contributed by atoms with Crippen molar-refractivity contribution in [1.82, 2.24) is 4.90 Å². The molecule has 1 saturated heterocycles. The molecule has 0 radical (unpaired) electrons. The maximum Gasteiger partial charge on any atom is 0.0534 e. The Kier molecular flexibility index (Phi) is 2.13. The van der Waals surface area contributed by atoms with Gasteiger partial charge in [-0.25, -0.2) is 0 Å². The summed E-state index contributed by atoms with van der Waals surface area (Å²) in [5, 5.41) is 0. The molecule has 0 aromatic rings. The number of rotatable bonds is 2. The molecule has 1 aliphatic heterocycles. The molecule has 2 nitrogen and oxygen atoms in total. The zero-order valence-electron chi connectivity index (χ0n) is 8.18. The normalized spacial score (nSPS) is 42.0. The van der Waals surface area contributed by atoms with Crippen molar-refractivity contribution in [2.45, 2.75) is 19.3 Å². The third kappa shape index (κ3) is 1.17. The molecule has 1 saturated carbocycles. The zero-order chi connectivity index (χ0) is 8.60. The van der Waals surface area contributed by atoms with Gasteiger partial charge in [-0.3, -0.25) is 0 Å². The first kappa shape index (κ1) is 8.52. The van der Waals surface area contributed by atoms with Crippen LogP contribution in [-0.4, -0.2) is 38.8 Å². The van der Waals surface area contributed by atoms with Gasteiger partial charge in [-0.1, -0.05) is 6.42 Å². The van der Waals surface area contributed by atoms with Gasteiger partial charge in [0.25, 0.3) is 0 Å². The van der Waals surface area contributed by atoms with Crippen LogP contribution >= 0.6 is 0 Å². The summed E-state index contributed by atoms with van der Waals surface area (Å²) in [5.41, 5.74) is 0.531. The summed E-state index contributed by atoms with van der Waals surface area (Å²) in [6.45, 7) is 3.52. The molecule has 0 N–H and O–H groups in total. The van der Waals surface area contributed by atoms with Crippen molar-refractivity contribution in [2.75, 3.05) is 33.9 Å². The standard InChI is InChI=1S/C10H19NO/c1-11-6-9-4-3-5-10(9,7-11)8-12-2/h9H,3-8H2,1-2H3. The summed E-state index contributed by atoms with van der Waals surface area (Å²) in [6, 6.07) is 0. The van der Waals surface area contributed by atoms with Crippen LogP contribution in [0.1, 0.15) is 19.3 Å². The minimum Gasteiger partial charge on any atom is -0.384 e. The molecule has 0 bridgehead atoms. The molecule has 1 aliphatic carbocycles. The summed E-state index contributed by atoms with van der Waals surface area (Å²) in [4.78, 5) is 2.46. The van der Waals surface area contributed by atoms with Crippen LogP contribution in [0.2, 0.25) is 0 Å². The van der Waals surface area contributed by atoms with Crippen molar-refractivity contribution in [3.63, 3.8) is 0 Å². The van der Waals surface area contributed by atoms with Gasteiger partial charge in [-0.05, 0) is 25.8 Å². The number of methoxy groups -OCH3 is 1. The number of likely N-dealkylation sites (tertiary alicyclic amines) is 1. The quantitative estimate of drug-likeness (QED) is 0.619. The van der Waals surface area contributed by atoms with Crippen LogP contribution in [-0.2, 0) is 4.74 Å². The predicted octanol–water partition coefficient (Wildman–Crippen LogP) is 1.36. The van der Waals surface area contributed by atoms with E-state index in [9.17, 15) is 0 Å². The fourth-order valence-corrected chi connectivity index (χ4v) is 3.21. The van der Waals surface area contributed by atoms with Crippen molar-refractivity contribution in [2.24, 2.45) is 11.3 Å². The Bertz CT molecular complexity index is 171. The van der Waals surface area contributed by atoms with Crippen LogP contribution in [0.5, 0.6) is 0 Å². The predicted molar refractivity (Wildman–Crippen MR) is 49.1 cm³/mol. The molecule has 0 spiro atoms. The van der Waals surface area contributed by atoms with Gasteiger partial charge in [0.05, 0.1) is 6.61 Å². The van der Waals surface area contributed by atoms with Crippen LogP contribution in [0.25, 0.3) is 0 Å². The molecule has 0 aromatic carbocycles. The van der Waals surface area contributed by atoms with E-state index < -0.39 is 0 Å². The maximum atomic E-state index is 5.35. The smallest absolute Gasteiger partial charge is 0.0534 e. The third-order valence-corrected chi connectivity index (χ3v) is 3.64. The summed E-state index contributed by atoms with van der Waals surface area (Å²) < 4.78 is 5.35. The van der Waals surface area contributed by atoms with Gasteiger partial charge in [0.2, 0.25) is 0 Å². The van der Waals surface area contributed by atoms with Crippen LogP contribution in [0.4, 0.5) is 0 Å². The number of hydrogen-bond acceptors (Lipinski definition) is 2. The average Bonchev–Trinajstić information content (AvgIpc) is 2.44. The van der Waals surface area contributed by atoms with E-state index in [1.807, 2.05) is 7.11 Å². The van der Waals surface area contributed by atoms with E-state index >= 15 is 0 Å². The van der Waals surface area contributed by atoms with Crippen molar-refractivity contribution in [1.29, 1.82) is 0 Å². The molecule has 2 aliphatic rings. The highest BCUT2D eigenvalue weighted by Gasteiger charge is 2.48. The van der Waals surface area contributed by atoms with E-state index in [2.05, 4.69) is 11.9 Å². The highest BCUT2D eigenvalue weighted by Crippen LogP contribution is 2.48. The molecule has 2 fully saturated rings. The molecule has 2 unspecified atom stereocenters. The van der Waals surface area contributed by atoms with Gasteiger partial charge in [-0.2, -0.15) is 0 Å². The summed E-state index contributed by atoms with van der Waals surface area (Å²) >= 11 is 0. The van der Waals surface area contributed by atoms with Crippen LogP contribution in [0, 0.1) is 11.3 Å². The number of hydrogen-bond donors (Lipinski definition) is 0. The highest BCUT2D eigenvalue weighted by molar-refractivity contribution is 4.99. The maximum absolute atomic E-state index is 5.35. The van der Waals surface area contributed by atoms with Crippen LogP contribution in [0.15, 0.2) is 0 Å². The Labute approximate surface area is 74.9 Å². The van der Waals surface area contributed by atoms with Crippen molar-refractivity contribution in [3.8, 4) is 0 Å². The van der Waals surface area contributed by atoms with E-state index in [-0.39, 0.29) is 0 Å². The summed E-state index contributed by atoms with van der Waals surface area (Å²) in [7, 11) is 4.07. The second kappa shape index (κ2) is 3.00. The largest absolute Gasteiger partial charge is 0.384 e. The van der Waals surface area contributed by atoms with Crippen molar-refractivity contribution < 1.29 is 4.74 Å². The average molecular weight is 169 g/mol. The molecule has 2 rings (SSSR count). The summed E-state index contributed by atoms with van der Waals surface area (Å²) in [5.74, 6) is 0.919. The van der Waals surface area contributed by atoms with Gasteiger partial charge >= 0.3 is 0 Å². The topological polar surface area (TPSA) is 12.5 Å². The first-order valence-corrected chi connectivity index (χ1v) is 4.94. The molecule has 0 aromatic heterocycles. The second-order valence-electron chi connectivity index (χ2n) is 4.58. The first-order valence-electron chi connectivity index (χ1n) is 4.94. The monoisotopic (exact) mass is 169 g/mol. The number of nitrogens with zero attached hydrogens (tertiary/aromatic N) is 1. The Balaban J connectivity index is 2.09. The Morgan fingerprint density at radius 3 is 3.17 bits per heavy atom. The second-order valence-corrected chi connectivity index (χ2v) is 4.58. The zero-order valence-corrected chi connectivity index (χ0v) is 8.18. The van der Waals surface area contributed by atoms with Crippen LogP contribution < -0.4 is 0 Å². The van der Waals surface area contributed by atoms with E-state index in [1.165, 1.54) is 32.4 Å². The first-order chi connectivity index (χ1) is 5.77. The Morgan fingerprint density at radius 2 is 2.42 bits per heavy atom. The van der Waals surface area contributed by atoms with Crippen molar-refractivity contribution in [3.05, 3.63) is 0 Å². The van der Waals surface area contributed by atoms with Crippen LogP contribution in [0.3, 0.4) is 0 Å². The SMILES string of the molecule is COCC12CCCC1CN(C)C2. The lowest BCUT2D eigenvalue weighted by Gasteiger charge is -2.27. The molecule has 0 amide bonds. The van der Waals surface area contributed by atoms with Gasteiger partial charge in [0, 0.05) is 25.6 Å². The number of ether oxygens (including phenoxy) is 1. The highest BCUT2D eigenvalue weighted by atomic mass is 16.5. The van der Waals surface area contributed by atoms with Gasteiger partial charge in [0.1, 0.15) is 0 Å². The molecular weight excluding hydrogens is 150 g/mol. The molecule has 12 heavy (non-hydrogen) atoms. The lowest BCUT2D eigenvalue weighted by Crippen LogP contribution is -2.31. The van der Waals surface area contributed by atoms with E-state index in [4.69, 9.17) is 4.74 Å². The fraction of sp³-hybridized carbons (Fsp3) is 1.00. The molecule has 2 atom stereocenters. The van der Waals surface area contributed by atoms with E-state index in [0.29, 0.717) is 5.41 Å². The van der Waals surface area contributed by atoms with E-state index in [1.54, 1.807) is 0 Å². The minimum absolute atomic E-state index is 0.531. The van der Waals surface area contributed by atoms with Gasteiger partial charge in [-0.15, -0.1) is 0 Å². The van der Waals surface area contributed by atoms with Crippen molar-refractivity contribution >= 4 is 0 Å². The third-order valence-electron chi connectivity index (χ3n) is 3.64. The molecule has 2 heteroatoms. The number of fused-ring (bicyclic) bond motifs is 1. The summed E-state index contributed by atoms with van der Waals surface area (Å²) in [6.07, 6.45) is 4.23. The Morgan fingerprint density at radius 1 is 1.58 bits per heavy atom. The van der Waals surface area contributed by atoms with E-state index in [0.717, 1.165) is 12.5 Å². The lowest BCUT2D eigenvalue weighted by atomic mass is 9.82. The Hall–Kier alpha value is -0.0800. The molecule has 1 heterocycles. The fourth-order valence-electron chi connectivity index (χ4n) is 3.21.